The lowest BCUT2D eigenvalue weighted by molar-refractivity contribution is -0.145. The molecule has 0 radical (unpaired) electrons. The van der Waals surface area contributed by atoms with Crippen LogP contribution in [0.3, 0.4) is 0 Å². The molecule has 198 valence electrons. The summed E-state index contributed by atoms with van der Waals surface area (Å²) in [6.45, 7) is 3.73. The molecule has 1 aromatic heterocycles. The van der Waals surface area contributed by atoms with Crippen LogP contribution in [0.25, 0.3) is 0 Å². The van der Waals surface area contributed by atoms with Crippen molar-refractivity contribution in [2.45, 2.75) is 44.6 Å². The number of hydrogen-bond acceptors (Lipinski definition) is 13. The number of nitrogen functional groups attached to an aromatic ring is 1. The Hall–Kier alpha value is -3.35. The molecule has 2 aliphatic heterocycles. The second-order valence-electron chi connectivity index (χ2n) is 8.45. The van der Waals surface area contributed by atoms with Crippen LogP contribution in [0, 0.1) is 0 Å². The van der Waals surface area contributed by atoms with Gasteiger partial charge in [-0.05, 0) is 20.8 Å². The highest BCUT2D eigenvalue weighted by atomic mass is 32.2. The van der Waals surface area contributed by atoms with E-state index in [0.29, 0.717) is 0 Å². The summed E-state index contributed by atoms with van der Waals surface area (Å²) in [6, 6.07) is -2.84. The van der Waals surface area contributed by atoms with Gasteiger partial charge in [0.25, 0.3) is 11.8 Å². The van der Waals surface area contributed by atoms with E-state index in [0.717, 1.165) is 16.2 Å². The summed E-state index contributed by atoms with van der Waals surface area (Å²) in [7, 11) is -5.01. The van der Waals surface area contributed by atoms with Gasteiger partial charge in [0.2, 0.25) is 0 Å². The average molecular weight is 548 g/mol. The van der Waals surface area contributed by atoms with Crippen molar-refractivity contribution in [1.29, 1.82) is 0 Å². The Morgan fingerprint density at radius 1 is 1.42 bits per heavy atom. The van der Waals surface area contributed by atoms with Crippen LogP contribution in [0.1, 0.15) is 26.5 Å². The molecular weight excluding hydrogens is 522 g/mol. The lowest BCUT2D eigenvalue weighted by atomic mass is 9.97. The van der Waals surface area contributed by atoms with E-state index in [1.165, 1.54) is 26.2 Å². The zero-order chi connectivity index (χ0) is 27.0. The molecule has 6 N–H and O–H groups in total. The Kier molecular flexibility index (Phi) is 7.53. The van der Waals surface area contributed by atoms with Crippen LogP contribution in [0.5, 0.6) is 0 Å². The third-order valence-corrected chi connectivity index (χ3v) is 7.14. The first-order chi connectivity index (χ1) is 16.7. The molecule has 3 amide bonds. The van der Waals surface area contributed by atoms with Gasteiger partial charge in [-0.25, -0.2) is 14.1 Å². The molecule has 0 aliphatic carbocycles. The first kappa shape index (κ1) is 27.2. The fourth-order valence-electron chi connectivity index (χ4n) is 3.25. The molecule has 3 atom stereocenters. The maximum atomic E-state index is 13.1. The van der Waals surface area contributed by atoms with E-state index in [2.05, 4.69) is 15.5 Å². The Balaban J connectivity index is 1.86. The molecule has 0 bridgehead atoms. The number of oxime groups is 1. The fraction of sp³-hybridized carbons (Fsp3) is 0.556. The molecule has 2 fully saturated rings. The number of hydrogen-bond donors (Lipinski definition) is 4. The van der Waals surface area contributed by atoms with Gasteiger partial charge in [-0.2, -0.15) is 8.42 Å². The monoisotopic (exact) mass is 547 g/mol. The molecule has 3 heterocycles. The predicted octanol–water partition coefficient (Wildman–Crippen LogP) is -1.91. The smallest absolute Gasteiger partial charge is 0.410 e. The van der Waals surface area contributed by atoms with Crippen molar-refractivity contribution in [3.05, 3.63) is 11.1 Å². The Morgan fingerprint density at radius 3 is 2.58 bits per heavy atom. The molecule has 3 unspecified atom stereocenters. The Morgan fingerprint density at radius 2 is 2.08 bits per heavy atom. The van der Waals surface area contributed by atoms with Crippen molar-refractivity contribution in [2.24, 2.45) is 10.9 Å². The lowest BCUT2D eigenvalue weighted by Gasteiger charge is -2.45. The van der Waals surface area contributed by atoms with Crippen LogP contribution >= 0.6 is 11.3 Å². The molecule has 3 rings (SSSR count). The van der Waals surface area contributed by atoms with Crippen LogP contribution in [-0.4, -0.2) is 100.0 Å². The number of ether oxygens (including phenoxy) is 1. The minimum Gasteiger partial charge on any atom is -0.443 e. The third kappa shape index (κ3) is 5.55. The van der Waals surface area contributed by atoms with Crippen molar-refractivity contribution >= 4 is 56.2 Å². The number of amides is 3. The number of Topliss-reactive ketones (excluding diaryl/α,β-unsaturated/α-hetero) is 1. The van der Waals surface area contributed by atoms with Crippen LogP contribution in [-0.2, 0) is 34.3 Å². The molecule has 0 aromatic carbocycles. The maximum absolute atomic E-state index is 13.1. The molecule has 0 spiro atoms. The van der Waals surface area contributed by atoms with E-state index >= 15 is 0 Å². The van der Waals surface area contributed by atoms with Gasteiger partial charge in [-0.15, -0.1) is 11.3 Å². The number of cyclic esters (lactones) is 1. The normalized spacial score (nSPS) is 22.8. The molecule has 2 aliphatic rings. The molecule has 16 nitrogen and oxygen atoms in total. The third-order valence-electron chi connectivity index (χ3n) is 5.52. The lowest BCUT2D eigenvalue weighted by Crippen LogP contribution is -2.74. The molecule has 1 aromatic rings. The summed E-state index contributed by atoms with van der Waals surface area (Å²) in [5.74, 6) is -2.56. The van der Waals surface area contributed by atoms with E-state index in [9.17, 15) is 32.1 Å². The highest BCUT2D eigenvalue weighted by Gasteiger charge is 2.55. The zero-order valence-corrected chi connectivity index (χ0v) is 21.0. The molecule has 0 saturated carbocycles. The summed E-state index contributed by atoms with van der Waals surface area (Å²) in [4.78, 5) is 59.8. The van der Waals surface area contributed by atoms with Crippen molar-refractivity contribution < 1.29 is 41.7 Å². The topological polar surface area (TPSA) is 237 Å². The standard InChI is InChI=1S/C18H25N7O9S2/c1-8(26)18(2,3)34-23-12(10-7-35-16(20)21-10)14(27)22-13-11(25(15(13)28)36(30,31)32)6-24-5-9(4-19)33-17(24)29/h7,9,11,13H,4-6,19H2,1-3H3,(H2,20,21)(H,22,27)(H,30,31,32). The molecule has 2 saturated heterocycles. The number of carbonyl (C=O) groups is 4. The van der Waals surface area contributed by atoms with Crippen molar-refractivity contribution in [2.75, 3.05) is 25.4 Å². The summed E-state index contributed by atoms with van der Waals surface area (Å²) >= 11 is 0.985. The maximum Gasteiger partial charge on any atom is 0.410 e. The van der Waals surface area contributed by atoms with E-state index in [-0.39, 0.29) is 28.2 Å². The highest BCUT2D eigenvalue weighted by Crippen LogP contribution is 2.26. The largest absolute Gasteiger partial charge is 0.443 e. The van der Waals surface area contributed by atoms with Gasteiger partial charge in [0.05, 0.1) is 12.6 Å². The number of aromatic nitrogens is 1. The number of nitrogens with two attached hydrogens (primary N) is 2. The zero-order valence-electron chi connectivity index (χ0n) is 19.4. The van der Waals surface area contributed by atoms with E-state index in [1.54, 1.807) is 0 Å². The molecule has 18 heteroatoms. The van der Waals surface area contributed by atoms with Gasteiger partial charge in [0.1, 0.15) is 17.8 Å². The Labute approximate surface area is 209 Å². The second-order valence-corrected chi connectivity index (χ2v) is 10.6. The molecular formula is C18H25N7O9S2. The molecule has 36 heavy (non-hydrogen) atoms. The van der Waals surface area contributed by atoms with Gasteiger partial charge in [-0.1, -0.05) is 5.16 Å². The van der Waals surface area contributed by atoms with Crippen molar-refractivity contribution in [1.82, 2.24) is 19.5 Å². The number of carbonyl (C=O) groups excluding carboxylic acids is 4. The first-order valence-corrected chi connectivity index (χ1v) is 12.7. The number of nitrogens with zero attached hydrogens (tertiary/aromatic N) is 4. The van der Waals surface area contributed by atoms with Gasteiger partial charge in [0.15, 0.2) is 22.2 Å². The highest BCUT2D eigenvalue weighted by molar-refractivity contribution is 7.84. The summed E-state index contributed by atoms with van der Waals surface area (Å²) in [6.07, 6.45) is -1.44. The average Bonchev–Trinajstić information content (AvgIpc) is 3.35. The number of ketones is 1. The quantitative estimate of drug-likeness (QED) is 0.109. The minimum atomic E-state index is -5.01. The Bertz CT molecular complexity index is 1210. The summed E-state index contributed by atoms with van der Waals surface area (Å²) < 4.78 is 38.2. The van der Waals surface area contributed by atoms with Crippen LogP contribution in [0.15, 0.2) is 10.5 Å². The fourth-order valence-corrected chi connectivity index (χ4v) is 4.67. The second kappa shape index (κ2) is 9.96. The van der Waals surface area contributed by atoms with E-state index in [1.807, 2.05) is 0 Å². The first-order valence-electron chi connectivity index (χ1n) is 10.4. The predicted molar refractivity (Wildman–Crippen MR) is 124 cm³/mol. The van der Waals surface area contributed by atoms with Crippen molar-refractivity contribution in [3.63, 3.8) is 0 Å². The van der Waals surface area contributed by atoms with Gasteiger partial charge in [0, 0.05) is 18.5 Å². The van der Waals surface area contributed by atoms with Crippen LogP contribution in [0.4, 0.5) is 9.93 Å². The van der Waals surface area contributed by atoms with Gasteiger partial charge in [-0.3, -0.25) is 18.9 Å². The number of anilines is 1. The van der Waals surface area contributed by atoms with Crippen LogP contribution < -0.4 is 16.8 Å². The summed E-state index contributed by atoms with van der Waals surface area (Å²) in [5.41, 5.74) is 9.25. The number of nitrogens with one attached hydrogen (secondary N) is 1. The van der Waals surface area contributed by atoms with E-state index < -0.39 is 70.0 Å². The number of rotatable bonds is 10. The van der Waals surface area contributed by atoms with Gasteiger partial charge >= 0.3 is 16.4 Å². The van der Waals surface area contributed by atoms with E-state index in [4.69, 9.17) is 21.0 Å². The SMILES string of the molecule is CC(=O)C(C)(C)ON=C(C(=O)NC1C(=O)N(S(=O)(=O)O)C1CN1CC(CN)OC1=O)c1csc(N)n1. The minimum absolute atomic E-state index is 0.0127. The summed E-state index contributed by atoms with van der Waals surface area (Å²) in [5, 5.41) is 7.55. The number of β-lactam (4-membered cyclic amide) rings is 1. The van der Waals surface area contributed by atoms with Crippen molar-refractivity contribution in [3.8, 4) is 0 Å². The number of thiazole rings is 1. The van der Waals surface area contributed by atoms with Gasteiger partial charge < -0.3 is 31.3 Å². The van der Waals surface area contributed by atoms with Crippen LogP contribution in [0.2, 0.25) is 0 Å².